The molecule has 0 spiro atoms. The lowest BCUT2D eigenvalue weighted by molar-refractivity contribution is -0.132. The molecule has 4 N–H and O–H groups in total. The van der Waals surface area contributed by atoms with Gasteiger partial charge in [0.2, 0.25) is 9.84 Å². The van der Waals surface area contributed by atoms with E-state index in [9.17, 15) is 28.2 Å². The highest BCUT2D eigenvalue weighted by molar-refractivity contribution is 7.93. The van der Waals surface area contributed by atoms with Crippen LogP contribution in [0.2, 0.25) is 5.02 Å². The van der Waals surface area contributed by atoms with Crippen LogP contribution in [0.3, 0.4) is 0 Å². The molecule has 1 aromatic heterocycles. The molecular formula is C26H20ClN3O6S3. The number of rotatable bonds is 5. The van der Waals surface area contributed by atoms with E-state index >= 15 is 0 Å². The third-order valence-corrected chi connectivity index (χ3v) is 9.44. The summed E-state index contributed by atoms with van der Waals surface area (Å²) in [6, 6.07) is 16.6. The van der Waals surface area contributed by atoms with E-state index in [2.05, 4.69) is 4.98 Å². The Labute approximate surface area is 239 Å². The van der Waals surface area contributed by atoms with E-state index in [0.717, 1.165) is 11.1 Å². The standard InChI is InChI=1S/C26H18ClN3O6S2.H2S/c27-18-12-15(8-11-19(18)31)22-21(23(32)14-6-9-16(28)10-7-14)24(33)25(34)30(22)26-29-13-20(37-26)38(35,36)17-4-2-1-3-5-17;/h1-13,22,31-32H,28H2;1H2. The number of benzene rings is 3. The highest BCUT2D eigenvalue weighted by Crippen LogP contribution is 2.45. The van der Waals surface area contributed by atoms with Crippen LogP contribution in [0.25, 0.3) is 5.76 Å². The highest BCUT2D eigenvalue weighted by atomic mass is 35.5. The number of phenols is 1. The molecule has 1 atom stereocenters. The van der Waals surface area contributed by atoms with Crippen molar-refractivity contribution >= 4 is 74.5 Å². The Balaban J connectivity index is 0.00000353. The quantitative estimate of drug-likeness (QED) is 0.129. The first kappa shape index (κ1) is 28.2. The van der Waals surface area contributed by atoms with Crippen molar-refractivity contribution in [2.45, 2.75) is 15.1 Å². The number of halogens is 1. The Morgan fingerprint density at radius 1 is 1.03 bits per heavy atom. The summed E-state index contributed by atoms with van der Waals surface area (Å²) in [7, 11) is -3.94. The van der Waals surface area contributed by atoms with Crippen molar-refractivity contribution in [1.82, 2.24) is 4.98 Å². The van der Waals surface area contributed by atoms with Crippen molar-refractivity contribution in [1.29, 1.82) is 0 Å². The number of carbonyl (C=O) groups is 2. The lowest BCUT2D eigenvalue weighted by atomic mass is 9.95. The normalized spacial score (nSPS) is 16.7. The van der Waals surface area contributed by atoms with Crippen molar-refractivity contribution in [3.63, 3.8) is 0 Å². The number of nitrogens with zero attached hydrogens (tertiary/aromatic N) is 2. The van der Waals surface area contributed by atoms with Crippen LogP contribution in [0.1, 0.15) is 17.2 Å². The Bertz CT molecular complexity index is 1720. The molecule has 0 saturated carbocycles. The molecule has 39 heavy (non-hydrogen) atoms. The summed E-state index contributed by atoms with van der Waals surface area (Å²) < 4.78 is 26.1. The second kappa shape index (κ2) is 10.7. The van der Waals surface area contributed by atoms with E-state index in [4.69, 9.17) is 17.3 Å². The van der Waals surface area contributed by atoms with E-state index in [1.54, 1.807) is 18.2 Å². The molecule has 5 rings (SSSR count). The Morgan fingerprint density at radius 3 is 2.33 bits per heavy atom. The molecular weight excluding hydrogens is 582 g/mol. The summed E-state index contributed by atoms with van der Waals surface area (Å²) in [5.41, 5.74) is 6.42. The molecule has 1 aliphatic rings. The van der Waals surface area contributed by atoms with Crippen molar-refractivity contribution in [2.24, 2.45) is 0 Å². The first-order valence-corrected chi connectivity index (χ1v) is 13.7. The van der Waals surface area contributed by atoms with Gasteiger partial charge in [-0.3, -0.25) is 14.5 Å². The van der Waals surface area contributed by atoms with E-state index in [1.807, 2.05) is 0 Å². The van der Waals surface area contributed by atoms with Crippen LogP contribution in [0.15, 0.2) is 93.7 Å². The van der Waals surface area contributed by atoms with Gasteiger partial charge in [0.1, 0.15) is 15.7 Å². The van der Waals surface area contributed by atoms with Crippen LogP contribution in [0.4, 0.5) is 10.8 Å². The molecule has 1 fully saturated rings. The fourth-order valence-corrected chi connectivity index (χ4v) is 6.79. The molecule has 1 saturated heterocycles. The number of ketones is 1. The number of thiazole rings is 1. The summed E-state index contributed by atoms with van der Waals surface area (Å²) in [6.07, 6.45) is 1.11. The predicted molar refractivity (Wildman–Crippen MR) is 153 cm³/mol. The molecule has 1 aliphatic heterocycles. The first-order chi connectivity index (χ1) is 18.1. The van der Waals surface area contributed by atoms with Crippen molar-refractivity contribution in [3.05, 3.63) is 101 Å². The molecule has 0 aliphatic carbocycles. The number of aromatic hydroxyl groups is 1. The maximum atomic E-state index is 13.3. The molecule has 1 unspecified atom stereocenters. The zero-order chi connectivity index (χ0) is 27.2. The van der Waals surface area contributed by atoms with Crippen LogP contribution < -0.4 is 10.6 Å². The number of amides is 1. The maximum Gasteiger partial charge on any atom is 0.301 e. The SMILES string of the molecule is Nc1ccc(C(O)=C2C(=O)C(=O)N(c3ncc(S(=O)(=O)c4ccccc4)s3)C2c2ccc(O)c(Cl)c2)cc1.S. The summed E-state index contributed by atoms with van der Waals surface area (Å²) in [5, 5.41) is 20.9. The van der Waals surface area contributed by atoms with Crippen LogP contribution in [0.5, 0.6) is 5.75 Å². The number of nitrogens with two attached hydrogens (primary N) is 1. The third kappa shape index (κ3) is 4.99. The monoisotopic (exact) mass is 601 g/mol. The van der Waals surface area contributed by atoms with Crippen LogP contribution in [-0.4, -0.2) is 35.3 Å². The zero-order valence-electron chi connectivity index (χ0n) is 19.8. The second-order valence-electron chi connectivity index (χ2n) is 8.28. The highest BCUT2D eigenvalue weighted by Gasteiger charge is 2.48. The van der Waals surface area contributed by atoms with E-state index < -0.39 is 33.3 Å². The number of aromatic nitrogens is 1. The first-order valence-electron chi connectivity index (χ1n) is 11.0. The molecule has 200 valence electrons. The lowest BCUT2D eigenvalue weighted by Gasteiger charge is -2.23. The Hall–Kier alpha value is -3.84. The van der Waals surface area contributed by atoms with Gasteiger partial charge < -0.3 is 15.9 Å². The average molecular weight is 602 g/mol. The Morgan fingerprint density at radius 2 is 1.69 bits per heavy atom. The number of hydrogen-bond acceptors (Lipinski definition) is 9. The van der Waals surface area contributed by atoms with Gasteiger partial charge in [0.25, 0.3) is 5.78 Å². The zero-order valence-corrected chi connectivity index (χ0v) is 23.2. The van der Waals surface area contributed by atoms with Gasteiger partial charge in [-0.15, -0.1) is 0 Å². The van der Waals surface area contributed by atoms with Crippen molar-refractivity contribution in [2.75, 3.05) is 10.6 Å². The smallest absolute Gasteiger partial charge is 0.301 e. The van der Waals surface area contributed by atoms with E-state index in [1.165, 1.54) is 54.6 Å². The number of Topliss-reactive ketones (excluding diaryl/α,β-unsaturated/α-hetero) is 1. The minimum absolute atomic E-state index is 0. The topological polar surface area (TPSA) is 151 Å². The molecule has 3 aromatic carbocycles. The number of nitrogen functional groups attached to an aromatic ring is 1. The fraction of sp³-hybridized carbons (Fsp3) is 0.0385. The second-order valence-corrected chi connectivity index (χ2v) is 11.9. The number of aliphatic hydroxyl groups excluding tert-OH is 1. The number of phenolic OH excluding ortho intramolecular Hbond substituents is 1. The fourth-order valence-electron chi connectivity index (χ4n) is 4.04. The summed E-state index contributed by atoms with van der Waals surface area (Å²) >= 11 is 6.83. The Kier molecular flexibility index (Phi) is 7.75. The van der Waals surface area contributed by atoms with Gasteiger partial charge in [0.05, 0.1) is 27.7 Å². The van der Waals surface area contributed by atoms with Crippen LogP contribution in [-0.2, 0) is 19.4 Å². The molecule has 1 amide bonds. The van der Waals surface area contributed by atoms with Crippen molar-refractivity contribution < 1.29 is 28.2 Å². The number of hydrogen-bond donors (Lipinski definition) is 3. The van der Waals surface area contributed by atoms with Gasteiger partial charge in [-0.2, -0.15) is 13.5 Å². The molecule has 9 nitrogen and oxygen atoms in total. The number of carbonyl (C=O) groups excluding carboxylic acids is 2. The molecule has 4 aromatic rings. The number of anilines is 2. The minimum Gasteiger partial charge on any atom is -0.507 e. The summed E-state index contributed by atoms with van der Waals surface area (Å²) in [5.74, 6) is -2.71. The largest absolute Gasteiger partial charge is 0.507 e. The predicted octanol–water partition coefficient (Wildman–Crippen LogP) is 4.66. The van der Waals surface area contributed by atoms with Gasteiger partial charge in [0.15, 0.2) is 5.13 Å². The van der Waals surface area contributed by atoms with Gasteiger partial charge >= 0.3 is 5.91 Å². The van der Waals surface area contributed by atoms with Gasteiger partial charge in [0, 0.05) is 11.3 Å². The van der Waals surface area contributed by atoms with Crippen molar-refractivity contribution in [3.8, 4) is 5.75 Å². The van der Waals surface area contributed by atoms with E-state index in [-0.39, 0.29) is 55.2 Å². The maximum absolute atomic E-state index is 13.3. The average Bonchev–Trinajstić information content (AvgIpc) is 3.50. The van der Waals surface area contributed by atoms with E-state index in [0.29, 0.717) is 17.0 Å². The minimum atomic E-state index is -3.94. The van der Waals surface area contributed by atoms with Crippen LogP contribution in [0, 0.1) is 0 Å². The number of aliphatic hydroxyl groups is 1. The molecule has 13 heteroatoms. The van der Waals surface area contributed by atoms with Gasteiger partial charge in [-0.05, 0) is 54.1 Å². The summed E-state index contributed by atoms with van der Waals surface area (Å²) in [4.78, 5) is 31.8. The number of sulfone groups is 1. The molecule has 2 heterocycles. The van der Waals surface area contributed by atoms with Gasteiger partial charge in [-0.1, -0.05) is 47.2 Å². The van der Waals surface area contributed by atoms with Crippen LogP contribution >= 0.6 is 36.4 Å². The van der Waals surface area contributed by atoms with Gasteiger partial charge in [-0.25, -0.2) is 13.4 Å². The third-order valence-electron chi connectivity index (χ3n) is 5.91. The lowest BCUT2D eigenvalue weighted by Crippen LogP contribution is -2.29. The molecule has 0 radical (unpaired) electrons. The molecule has 0 bridgehead atoms. The summed E-state index contributed by atoms with van der Waals surface area (Å²) in [6.45, 7) is 0.